The third kappa shape index (κ3) is 2.72. The van der Waals surface area contributed by atoms with Crippen LogP contribution in [0.2, 0.25) is 0 Å². The molecule has 5 heteroatoms. The summed E-state index contributed by atoms with van der Waals surface area (Å²) in [5.74, 6) is -0.00753. The maximum atomic E-state index is 11.9. The minimum Gasteiger partial charge on any atom is -0.351 e. The van der Waals surface area contributed by atoms with Gasteiger partial charge in [0.15, 0.2) is 0 Å². The summed E-state index contributed by atoms with van der Waals surface area (Å²) < 4.78 is 1.99. The van der Waals surface area contributed by atoms with Crippen LogP contribution >= 0.6 is 11.3 Å². The molecule has 1 N–H and O–H groups in total. The molecule has 20 heavy (non-hydrogen) atoms. The van der Waals surface area contributed by atoms with Gasteiger partial charge >= 0.3 is 0 Å². The van der Waals surface area contributed by atoms with Gasteiger partial charge in [-0.1, -0.05) is 6.07 Å². The lowest BCUT2D eigenvalue weighted by molar-refractivity contribution is 0.0958. The fraction of sp³-hybridized carbons (Fsp3) is 0.200. The first-order chi connectivity index (χ1) is 9.72. The molecular formula is C15H15N3OS. The molecule has 0 saturated carbocycles. The fourth-order valence-corrected chi connectivity index (χ4v) is 2.84. The molecule has 3 heterocycles. The lowest BCUT2D eigenvalue weighted by Crippen LogP contribution is -2.24. The van der Waals surface area contributed by atoms with Crippen LogP contribution in [0.25, 0.3) is 5.65 Å². The van der Waals surface area contributed by atoms with Crippen LogP contribution in [-0.4, -0.2) is 21.8 Å². The number of carbonyl (C=O) groups is 1. The average molecular weight is 285 g/mol. The standard InChI is InChI=1S/C15H15N3OS/c1-11-5-6-13(20-11)15(19)16-8-7-12-10-18-9-3-2-4-14(18)17-12/h2-6,9-10H,7-8H2,1H3,(H,16,19). The van der Waals surface area contributed by atoms with Crippen molar-refractivity contribution in [3.05, 3.63) is 58.2 Å². The lowest BCUT2D eigenvalue weighted by atomic mass is 10.3. The van der Waals surface area contributed by atoms with E-state index in [9.17, 15) is 4.79 Å². The number of nitrogens with zero attached hydrogens (tertiary/aromatic N) is 2. The summed E-state index contributed by atoms with van der Waals surface area (Å²) in [6, 6.07) is 9.73. The van der Waals surface area contributed by atoms with E-state index in [0.29, 0.717) is 6.54 Å². The van der Waals surface area contributed by atoms with Gasteiger partial charge in [0, 0.05) is 30.2 Å². The summed E-state index contributed by atoms with van der Waals surface area (Å²) >= 11 is 1.51. The van der Waals surface area contributed by atoms with Crippen molar-refractivity contribution in [1.29, 1.82) is 0 Å². The van der Waals surface area contributed by atoms with Crippen molar-refractivity contribution in [2.24, 2.45) is 0 Å². The van der Waals surface area contributed by atoms with Gasteiger partial charge in [-0.25, -0.2) is 4.98 Å². The molecule has 102 valence electrons. The Morgan fingerprint density at radius 2 is 2.25 bits per heavy atom. The van der Waals surface area contributed by atoms with E-state index >= 15 is 0 Å². The Balaban J connectivity index is 1.58. The predicted molar refractivity (Wildman–Crippen MR) is 80.3 cm³/mol. The van der Waals surface area contributed by atoms with Crippen LogP contribution in [0.4, 0.5) is 0 Å². The van der Waals surface area contributed by atoms with Crippen LogP contribution in [0.1, 0.15) is 20.2 Å². The van der Waals surface area contributed by atoms with E-state index in [2.05, 4.69) is 10.3 Å². The molecule has 3 rings (SSSR count). The Morgan fingerprint density at radius 1 is 1.35 bits per heavy atom. The fourth-order valence-electron chi connectivity index (χ4n) is 2.06. The molecule has 3 aromatic rings. The van der Waals surface area contributed by atoms with Gasteiger partial charge in [-0.2, -0.15) is 0 Å². The number of carbonyl (C=O) groups excluding carboxylic acids is 1. The van der Waals surface area contributed by atoms with Crippen molar-refractivity contribution in [2.45, 2.75) is 13.3 Å². The number of amides is 1. The predicted octanol–water partition coefficient (Wildman–Crippen LogP) is 2.68. The van der Waals surface area contributed by atoms with Gasteiger partial charge < -0.3 is 9.72 Å². The van der Waals surface area contributed by atoms with Gasteiger partial charge in [0.05, 0.1) is 10.6 Å². The molecule has 3 aromatic heterocycles. The zero-order chi connectivity index (χ0) is 13.9. The topological polar surface area (TPSA) is 46.4 Å². The number of aryl methyl sites for hydroxylation is 1. The van der Waals surface area contributed by atoms with Gasteiger partial charge in [0.25, 0.3) is 5.91 Å². The highest BCUT2D eigenvalue weighted by Crippen LogP contribution is 2.14. The summed E-state index contributed by atoms with van der Waals surface area (Å²) in [5, 5.41) is 2.93. The number of fused-ring (bicyclic) bond motifs is 1. The van der Waals surface area contributed by atoms with Crippen molar-refractivity contribution in [2.75, 3.05) is 6.54 Å². The molecule has 0 aliphatic carbocycles. The smallest absolute Gasteiger partial charge is 0.261 e. The average Bonchev–Trinajstić information content (AvgIpc) is 3.04. The number of hydrogen-bond acceptors (Lipinski definition) is 3. The molecule has 0 radical (unpaired) electrons. The monoisotopic (exact) mass is 285 g/mol. The Bertz CT molecular complexity index is 711. The minimum atomic E-state index is -0.00753. The Morgan fingerprint density at radius 3 is 3.00 bits per heavy atom. The van der Waals surface area contributed by atoms with Crippen LogP contribution in [0.3, 0.4) is 0 Å². The number of rotatable bonds is 4. The Labute approximate surface area is 121 Å². The first-order valence-electron chi connectivity index (χ1n) is 6.49. The third-order valence-electron chi connectivity index (χ3n) is 3.04. The van der Waals surface area contributed by atoms with Crippen molar-refractivity contribution >= 4 is 22.9 Å². The van der Waals surface area contributed by atoms with Gasteiger partial charge in [-0.05, 0) is 31.2 Å². The number of aromatic nitrogens is 2. The zero-order valence-electron chi connectivity index (χ0n) is 11.2. The van der Waals surface area contributed by atoms with E-state index < -0.39 is 0 Å². The SMILES string of the molecule is Cc1ccc(C(=O)NCCc2cn3ccccc3n2)s1. The second-order valence-electron chi connectivity index (χ2n) is 4.61. The van der Waals surface area contributed by atoms with Crippen molar-refractivity contribution in [3.63, 3.8) is 0 Å². The minimum absolute atomic E-state index is 0.00753. The largest absolute Gasteiger partial charge is 0.351 e. The van der Waals surface area contributed by atoms with Crippen molar-refractivity contribution in [1.82, 2.24) is 14.7 Å². The van der Waals surface area contributed by atoms with Gasteiger partial charge in [0.1, 0.15) is 5.65 Å². The molecule has 4 nitrogen and oxygen atoms in total. The van der Waals surface area contributed by atoms with E-state index in [0.717, 1.165) is 27.5 Å². The second-order valence-corrected chi connectivity index (χ2v) is 5.90. The number of nitrogens with one attached hydrogen (secondary N) is 1. The van der Waals surface area contributed by atoms with Crippen LogP contribution in [0, 0.1) is 6.92 Å². The summed E-state index contributed by atoms with van der Waals surface area (Å²) in [4.78, 5) is 18.3. The van der Waals surface area contributed by atoms with E-state index in [1.165, 1.54) is 11.3 Å². The maximum Gasteiger partial charge on any atom is 0.261 e. The summed E-state index contributed by atoms with van der Waals surface area (Å²) in [5.41, 5.74) is 1.92. The van der Waals surface area contributed by atoms with Crippen molar-refractivity contribution < 1.29 is 4.79 Å². The molecular weight excluding hydrogens is 270 g/mol. The molecule has 0 spiro atoms. The summed E-state index contributed by atoms with van der Waals surface area (Å²) in [7, 11) is 0. The third-order valence-corrected chi connectivity index (χ3v) is 4.04. The molecule has 0 atom stereocenters. The molecule has 0 aliphatic heterocycles. The van der Waals surface area contributed by atoms with Gasteiger partial charge in [-0.3, -0.25) is 4.79 Å². The molecule has 1 amide bonds. The van der Waals surface area contributed by atoms with Crippen LogP contribution < -0.4 is 5.32 Å². The number of hydrogen-bond donors (Lipinski definition) is 1. The molecule has 0 aromatic carbocycles. The van der Waals surface area contributed by atoms with Crippen LogP contribution in [-0.2, 0) is 6.42 Å². The van der Waals surface area contributed by atoms with E-state index in [1.807, 2.05) is 54.0 Å². The van der Waals surface area contributed by atoms with Crippen LogP contribution in [0.15, 0.2) is 42.7 Å². The lowest BCUT2D eigenvalue weighted by Gasteiger charge is -2.01. The number of imidazole rings is 1. The second kappa shape index (κ2) is 5.46. The molecule has 0 unspecified atom stereocenters. The first kappa shape index (κ1) is 12.9. The molecule has 0 bridgehead atoms. The van der Waals surface area contributed by atoms with Crippen molar-refractivity contribution in [3.8, 4) is 0 Å². The van der Waals surface area contributed by atoms with Crippen LogP contribution in [0.5, 0.6) is 0 Å². The van der Waals surface area contributed by atoms with E-state index in [4.69, 9.17) is 0 Å². The molecule has 0 saturated heterocycles. The number of thiophene rings is 1. The normalized spacial score (nSPS) is 10.8. The first-order valence-corrected chi connectivity index (χ1v) is 7.31. The highest BCUT2D eigenvalue weighted by atomic mass is 32.1. The van der Waals surface area contributed by atoms with Gasteiger partial charge in [0.2, 0.25) is 0 Å². The molecule has 0 aliphatic rings. The van der Waals surface area contributed by atoms with E-state index in [-0.39, 0.29) is 5.91 Å². The highest BCUT2D eigenvalue weighted by molar-refractivity contribution is 7.13. The quantitative estimate of drug-likeness (QED) is 0.801. The Hall–Kier alpha value is -2.14. The zero-order valence-corrected chi connectivity index (χ0v) is 12.0. The Kier molecular flexibility index (Phi) is 3.52. The summed E-state index contributed by atoms with van der Waals surface area (Å²) in [6.45, 7) is 2.60. The molecule has 0 fully saturated rings. The summed E-state index contributed by atoms with van der Waals surface area (Å²) in [6.07, 6.45) is 4.70. The highest BCUT2D eigenvalue weighted by Gasteiger charge is 2.07. The number of pyridine rings is 1. The van der Waals surface area contributed by atoms with Gasteiger partial charge in [-0.15, -0.1) is 11.3 Å². The van der Waals surface area contributed by atoms with E-state index in [1.54, 1.807) is 0 Å². The maximum absolute atomic E-state index is 11.9.